The molecule has 4 N–H and O–H groups in total. The fraction of sp³-hybridized carbons (Fsp3) is 0.130. The first-order valence-electron chi connectivity index (χ1n) is 10.0. The van der Waals surface area contributed by atoms with Gasteiger partial charge in [-0.3, -0.25) is 9.52 Å². The number of carbonyl (C=O) groups excluding carboxylic acids is 2. The standard InChI is InChI=1S/C23H20F3N3O5S/c1-14(21(30)28-17-8-4-6-15(12-17)23(24,25)26)34-22(31)19-10-2-3-11-20(19)29-35(32,33)18-9-5-7-16(27)13-18/h2-14,29H,27H2,1H3,(H,28,30). The van der Waals surface area contributed by atoms with Crippen molar-refractivity contribution in [3.63, 3.8) is 0 Å². The monoisotopic (exact) mass is 507 g/mol. The van der Waals surface area contributed by atoms with Crippen LogP contribution in [0.3, 0.4) is 0 Å². The van der Waals surface area contributed by atoms with Gasteiger partial charge in [0, 0.05) is 11.4 Å². The van der Waals surface area contributed by atoms with E-state index in [4.69, 9.17) is 10.5 Å². The number of halogens is 3. The maximum atomic E-state index is 12.9. The molecule has 3 aromatic rings. The first-order chi connectivity index (χ1) is 16.4. The molecule has 0 aromatic heterocycles. The van der Waals surface area contributed by atoms with E-state index in [0.717, 1.165) is 18.2 Å². The van der Waals surface area contributed by atoms with Crippen LogP contribution in [0.4, 0.5) is 30.2 Å². The van der Waals surface area contributed by atoms with E-state index in [0.29, 0.717) is 0 Å². The van der Waals surface area contributed by atoms with Gasteiger partial charge < -0.3 is 15.8 Å². The van der Waals surface area contributed by atoms with Crippen molar-refractivity contribution in [1.29, 1.82) is 0 Å². The van der Waals surface area contributed by atoms with Crippen molar-refractivity contribution in [2.75, 3.05) is 15.8 Å². The number of carbonyl (C=O) groups is 2. The molecule has 1 unspecified atom stereocenters. The van der Waals surface area contributed by atoms with Crippen molar-refractivity contribution in [3.8, 4) is 0 Å². The highest BCUT2D eigenvalue weighted by atomic mass is 32.2. The highest BCUT2D eigenvalue weighted by Crippen LogP contribution is 2.30. The normalized spacial score (nSPS) is 12.5. The van der Waals surface area contributed by atoms with Gasteiger partial charge in [0.2, 0.25) is 0 Å². The Morgan fingerprint density at radius 3 is 2.34 bits per heavy atom. The van der Waals surface area contributed by atoms with Gasteiger partial charge >= 0.3 is 12.1 Å². The van der Waals surface area contributed by atoms with Crippen LogP contribution in [0.5, 0.6) is 0 Å². The van der Waals surface area contributed by atoms with Gasteiger partial charge in [0.15, 0.2) is 6.10 Å². The van der Waals surface area contributed by atoms with Crippen LogP contribution < -0.4 is 15.8 Å². The maximum absolute atomic E-state index is 12.9. The Morgan fingerprint density at radius 2 is 1.66 bits per heavy atom. The highest BCUT2D eigenvalue weighted by Gasteiger charge is 2.31. The quantitative estimate of drug-likeness (QED) is 0.324. The van der Waals surface area contributed by atoms with Crippen molar-refractivity contribution < 1.29 is 35.9 Å². The van der Waals surface area contributed by atoms with Crippen LogP contribution in [-0.4, -0.2) is 26.4 Å². The number of alkyl halides is 3. The molecular formula is C23H20F3N3O5S. The van der Waals surface area contributed by atoms with Gasteiger partial charge in [-0.05, 0) is 55.5 Å². The number of nitrogens with two attached hydrogens (primary N) is 1. The van der Waals surface area contributed by atoms with E-state index in [-0.39, 0.29) is 27.5 Å². The number of benzene rings is 3. The Morgan fingerprint density at radius 1 is 0.971 bits per heavy atom. The number of esters is 1. The number of hydrogen-bond acceptors (Lipinski definition) is 6. The van der Waals surface area contributed by atoms with Crippen LogP contribution in [0.15, 0.2) is 77.7 Å². The number of hydrogen-bond donors (Lipinski definition) is 3. The molecule has 0 heterocycles. The Labute approximate surface area is 199 Å². The molecule has 1 atom stereocenters. The summed E-state index contributed by atoms with van der Waals surface area (Å²) in [6.07, 6.45) is -6.00. The van der Waals surface area contributed by atoms with E-state index in [9.17, 15) is 31.2 Å². The average molecular weight is 507 g/mol. The number of nitrogens with one attached hydrogen (secondary N) is 2. The van der Waals surface area contributed by atoms with Gasteiger partial charge in [-0.25, -0.2) is 13.2 Å². The summed E-state index contributed by atoms with van der Waals surface area (Å²) in [5.41, 5.74) is 4.48. The summed E-state index contributed by atoms with van der Waals surface area (Å²) in [4.78, 5) is 24.9. The third kappa shape index (κ3) is 6.51. The van der Waals surface area contributed by atoms with Crippen molar-refractivity contribution >= 4 is 39.0 Å². The van der Waals surface area contributed by atoms with E-state index in [1.54, 1.807) is 0 Å². The summed E-state index contributed by atoms with van der Waals surface area (Å²) in [5.74, 6) is -1.90. The highest BCUT2D eigenvalue weighted by molar-refractivity contribution is 7.92. The van der Waals surface area contributed by atoms with E-state index >= 15 is 0 Å². The second-order valence-corrected chi connectivity index (χ2v) is 9.02. The zero-order valence-electron chi connectivity index (χ0n) is 18.2. The minimum Gasteiger partial charge on any atom is -0.449 e. The molecule has 0 bridgehead atoms. The van der Waals surface area contributed by atoms with Gasteiger partial charge in [0.05, 0.1) is 21.7 Å². The largest absolute Gasteiger partial charge is 0.449 e. The Kier molecular flexibility index (Phi) is 7.34. The van der Waals surface area contributed by atoms with Crippen LogP contribution in [0, 0.1) is 0 Å². The smallest absolute Gasteiger partial charge is 0.416 e. The lowest BCUT2D eigenvalue weighted by Gasteiger charge is -2.16. The first kappa shape index (κ1) is 25.6. The van der Waals surface area contributed by atoms with Crippen molar-refractivity contribution in [2.45, 2.75) is 24.1 Å². The third-order valence-corrected chi connectivity index (χ3v) is 6.03. The summed E-state index contributed by atoms with van der Waals surface area (Å²) in [6.45, 7) is 1.22. The van der Waals surface area contributed by atoms with Crippen LogP contribution in [0.1, 0.15) is 22.8 Å². The summed E-state index contributed by atoms with van der Waals surface area (Å²) in [6, 6.07) is 15.0. The van der Waals surface area contributed by atoms with Crippen LogP contribution >= 0.6 is 0 Å². The van der Waals surface area contributed by atoms with Gasteiger partial charge in [0.1, 0.15) is 0 Å². The predicted molar refractivity (Wildman–Crippen MR) is 123 cm³/mol. The van der Waals surface area contributed by atoms with Crippen molar-refractivity contribution in [2.24, 2.45) is 0 Å². The topological polar surface area (TPSA) is 128 Å². The Bertz CT molecular complexity index is 1360. The Hall–Kier alpha value is -4.06. The molecule has 3 rings (SSSR count). The van der Waals surface area contributed by atoms with Crippen molar-refractivity contribution in [3.05, 3.63) is 83.9 Å². The van der Waals surface area contributed by atoms with E-state index < -0.39 is 39.7 Å². The SMILES string of the molecule is CC(OC(=O)c1ccccc1NS(=O)(=O)c1cccc(N)c1)C(=O)Nc1cccc(C(F)(F)F)c1. The number of amides is 1. The third-order valence-electron chi connectivity index (χ3n) is 4.67. The number of anilines is 3. The summed E-state index contributed by atoms with van der Waals surface area (Å²) >= 11 is 0. The Balaban J connectivity index is 1.73. The second kappa shape index (κ2) is 10.1. The minimum atomic E-state index is -4.60. The van der Waals surface area contributed by atoms with E-state index in [2.05, 4.69) is 10.0 Å². The fourth-order valence-corrected chi connectivity index (χ4v) is 4.06. The van der Waals surface area contributed by atoms with E-state index in [1.807, 2.05) is 0 Å². The van der Waals surface area contributed by atoms with Gasteiger partial charge in [0.25, 0.3) is 15.9 Å². The lowest BCUT2D eigenvalue weighted by atomic mass is 10.2. The summed E-state index contributed by atoms with van der Waals surface area (Å²) in [5, 5.41) is 2.25. The fourth-order valence-electron chi connectivity index (χ4n) is 2.93. The zero-order chi connectivity index (χ0) is 25.8. The maximum Gasteiger partial charge on any atom is 0.416 e. The number of para-hydroxylation sites is 1. The molecule has 8 nitrogen and oxygen atoms in total. The molecular weight excluding hydrogens is 487 g/mol. The molecule has 0 radical (unpaired) electrons. The van der Waals surface area contributed by atoms with Crippen molar-refractivity contribution in [1.82, 2.24) is 0 Å². The predicted octanol–water partition coefficient (Wildman–Crippen LogP) is 4.27. The molecule has 0 aliphatic carbocycles. The number of sulfonamides is 1. The molecule has 0 saturated carbocycles. The number of nitrogen functional groups attached to an aromatic ring is 1. The molecule has 184 valence electrons. The van der Waals surface area contributed by atoms with Crippen LogP contribution in [0.25, 0.3) is 0 Å². The van der Waals surface area contributed by atoms with Crippen LogP contribution in [-0.2, 0) is 25.7 Å². The average Bonchev–Trinajstić information content (AvgIpc) is 2.78. The molecule has 0 aliphatic rings. The minimum absolute atomic E-state index is 0.106. The molecule has 0 saturated heterocycles. The van der Waals surface area contributed by atoms with Gasteiger partial charge in [-0.2, -0.15) is 13.2 Å². The number of ether oxygens (including phenoxy) is 1. The molecule has 0 aliphatic heterocycles. The molecule has 0 fully saturated rings. The lowest BCUT2D eigenvalue weighted by molar-refractivity contribution is -0.137. The molecule has 3 aromatic carbocycles. The molecule has 35 heavy (non-hydrogen) atoms. The van der Waals surface area contributed by atoms with E-state index in [1.165, 1.54) is 61.5 Å². The van der Waals surface area contributed by atoms with Crippen LogP contribution in [0.2, 0.25) is 0 Å². The summed E-state index contributed by atoms with van der Waals surface area (Å²) < 4.78 is 71.4. The number of rotatable bonds is 7. The molecule has 12 heteroatoms. The second-order valence-electron chi connectivity index (χ2n) is 7.34. The first-order valence-corrected chi connectivity index (χ1v) is 11.5. The van der Waals surface area contributed by atoms with Gasteiger partial charge in [-0.1, -0.05) is 24.3 Å². The summed E-state index contributed by atoms with van der Waals surface area (Å²) in [7, 11) is -4.10. The zero-order valence-corrected chi connectivity index (χ0v) is 19.0. The van der Waals surface area contributed by atoms with Gasteiger partial charge in [-0.15, -0.1) is 0 Å². The molecule has 1 amide bonds. The molecule has 0 spiro atoms. The lowest BCUT2D eigenvalue weighted by Crippen LogP contribution is -2.30.